The molecule has 3 rings (SSSR count). The summed E-state index contributed by atoms with van der Waals surface area (Å²) in [5, 5.41) is 3.16. The molecular weight excluding hydrogens is 515 g/mol. The third-order valence-electron chi connectivity index (χ3n) is 4.98. The fourth-order valence-electron chi connectivity index (χ4n) is 3.46. The number of nitrogens with zero attached hydrogens (tertiary/aromatic N) is 3. The largest absolute Gasteiger partial charge is 0.497 e. The fraction of sp³-hybridized carbons (Fsp3) is 0.381. The summed E-state index contributed by atoms with van der Waals surface area (Å²) >= 11 is 0. The predicted octanol–water partition coefficient (Wildman–Crippen LogP) is 2.71. The zero-order valence-corrected chi connectivity index (χ0v) is 20.7. The van der Waals surface area contributed by atoms with Crippen LogP contribution in [-0.4, -0.2) is 59.3 Å². The van der Waals surface area contributed by atoms with Crippen LogP contribution in [0, 0.1) is 0 Å². The van der Waals surface area contributed by atoms with E-state index in [-0.39, 0.29) is 29.7 Å². The Morgan fingerprint density at radius 1 is 1.20 bits per heavy atom. The lowest BCUT2D eigenvalue weighted by Crippen LogP contribution is -2.42. The SMILES string of the molecule is CN=C(NCCS(=O)(=O)N1CCc2ccccc21)N(C)Cc1ccc(OC)cc1.I. The minimum Gasteiger partial charge on any atom is -0.497 e. The lowest BCUT2D eigenvalue weighted by atomic mass is 10.2. The topological polar surface area (TPSA) is 74.2 Å². The summed E-state index contributed by atoms with van der Waals surface area (Å²) in [6.07, 6.45) is 0.759. The van der Waals surface area contributed by atoms with Crippen molar-refractivity contribution in [1.82, 2.24) is 10.2 Å². The number of hydrogen-bond donors (Lipinski definition) is 1. The first-order valence-electron chi connectivity index (χ1n) is 9.57. The molecule has 9 heteroatoms. The highest BCUT2D eigenvalue weighted by molar-refractivity contribution is 14.0. The van der Waals surface area contributed by atoms with Crippen molar-refractivity contribution < 1.29 is 13.2 Å². The van der Waals surface area contributed by atoms with E-state index in [1.54, 1.807) is 14.2 Å². The number of nitrogens with one attached hydrogen (secondary N) is 1. The van der Waals surface area contributed by atoms with Crippen molar-refractivity contribution in [2.24, 2.45) is 4.99 Å². The van der Waals surface area contributed by atoms with Gasteiger partial charge in [-0.05, 0) is 35.7 Å². The minimum atomic E-state index is -3.39. The van der Waals surface area contributed by atoms with Gasteiger partial charge in [-0.1, -0.05) is 30.3 Å². The Balaban J connectivity index is 0.00000320. The average Bonchev–Trinajstić information content (AvgIpc) is 3.17. The van der Waals surface area contributed by atoms with E-state index in [1.165, 1.54) is 4.31 Å². The lowest BCUT2D eigenvalue weighted by Gasteiger charge is -2.23. The zero-order chi connectivity index (χ0) is 20.9. The number of sulfonamides is 1. The van der Waals surface area contributed by atoms with Crippen molar-refractivity contribution >= 4 is 45.6 Å². The van der Waals surface area contributed by atoms with Gasteiger partial charge in [0.1, 0.15) is 5.75 Å². The standard InChI is InChI=1S/C21H28N4O3S.HI/c1-22-21(24(2)16-17-8-10-19(28-3)11-9-17)23-13-15-29(26,27)25-14-12-18-6-4-5-7-20(18)25;/h4-11H,12-16H2,1-3H3,(H,22,23);1H. The lowest BCUT2D eigenvalue weighted by molar-refractivity contribution is 0.414. The molecule has 0 spiro atoms. The maximum absolute atomic E-state index is 12.8. The molecule has 7 nitrogen and oxygen atoms in total. The van der Waals surface area contributed by atoms with Crippen LogP contribution < -0.4 is 14.4 Å². The number of aliphatic imine (C=N–C) groups is 1. The van der Waals surface area contributed by atoms with Gasteiger partial charge in [-0.2, -0.15) is 0 Å². The van der Waals surface area contributed by atoms with Gasteiger partial charge in [0.2, 0.25) is 10.0 Å². The van der Waals surface area contributed by atoms with E-state index in [0.29, 0.717) is 25.6 Å². The van der Waals surface area contributed by atoms with Crippen LogP contribution in [0.4, 0.5) is 5.69 Å². The van der Waals surface area contributed by atoms with Gasteiger partial charge in [0, 0.05) is 33.7 Å². The number of halogens is 1. The molecule has 30 heavy (non-hydrogen) atoms. The molecule has 0 saturated heterocycles. The van der Waals surface area contributed by atoms with Crippen molar-refractivity contribution in [1.29, 1.82) is 0 Å². The second-order valence-electron chi connectivity index (χ2n) is 6.94. The maximum atomic E-state index is 12.8. The van der Waals surface area contributed by atoms with Crippen molar-refractivity contribution in [3.8, 4) is 5.75 Å². The smallest absolute Gasteiger partial charge is 0.236 e. The predicted molar refractivity (Wildman–Crippen MR) is 133 cm³/mol. The summed E-state index contributed by atoms with van der Waals surface area (Å²) in [6, 6.07) is 15.5. The van der Waals surface area contributed by atoms with Crippen LogP contribution in [0.15, 0.2) is 53.5 Å². The Bertz CT molecular complexity index is 964. The van der Waals surface area contributed by atoms with E-state index >= 15 is 0 Å². The highest BCUT2D eigenvalue weighted by atomic mass is 127. The molecule has 0 bridgehead atoms. The number of para-hydroxylation sites is 1. The van der Waals surface area contributed by atoms with E-state index in [4.69, 9.17) is 4.74 Å². The normalized spacial score (nSPS) is 13.4. The number of methoxy groups -OCH3 is 1. The van der Waals surface area contributed by atoms with E-state index < -0.39 is 10.0 Å². The molecule has 0 aromatic heterocycles. The van der Waals surface area contributed by atoms with Crippen LogP contribution in [0.3, 0.4) is 0 Å². The molecule has 2 aromatic rings. The highest BCUT2D eigenvalue weighted by Crippen LogP contribution is 2.29. The van der Waals surface area contributed by atoms with Crippen LogP contribution >= 0.6 is 24.0 Å². The number of ether oxygens (including phenoxy) is 1. The molecule has 0 amide bonds. The first-order chi connectivity index (χ1) is 13.9. The number of fused-ring (bicyclic) bond motifs is 1. The van der Waals surface area contributed by atoms with Gasteiger partial charge >= 0.3 is 0 Å². The van der Waals surface area contributed by atoms with Crippen molar-refractivity contribution in [3.05, 3.63) is 59.7 Å². The maximum Gasteiger partial charge on any atom is 0.236 e. The molecule has 1 N–H and O–H groups in total. The molecule has 1 aliphatic heterocycles. The second kappa shape index (κ2) is 10.9. The summed E-state index contributed by atoms with van der Waals surface area (Å²) in [5.74, 6) is 1.47. The van der Waals surface area contributed by atoms with Gasteiger partial charge in [-0.3, -0.25) is 9.30 Å². The first kappa shape index (κ1) is 24.3. The molecule has 0 unspecified atom stereocenters. The van der Waals surface area contributed by atoms with Crippen LogP contribution in [0.5, 0.6) is 5.75 Å². The van der Waals surface area contributed by atoms with Crippen LogP contribution in [0.25, 0.3) is 0 Å². The average molecular weight is 544 g/mol. The summed E-state index contributed by atoms with van der Waals surface area (Å²) in [5.41, 5.74) is 2.99. The number of rotatable bonds is 7. The molecule has 0 aliphatic carbocycles. The summed E-state index contributed by atoms with van der Waals surface area (Å²) < 4.78 is 32.3. The van der Waals surface area contributed by atoms with Gasteiger partial charge in [-0.25, -0.2) is 8.42 Å². The molecule has 2 aromatic carbocycles. The Morgan fingerprint density at radius 3 is 2.57 bits per heavy atom. The molecule has 1 heterocycles. The van der Waals surface area contributed by atoms with Crippen LogP contribution in [-0.2, 0) is 23.0 Å². The van der Waals surface area contributed by atoms with E-state index in [2.05, 4.69) is 10.3 Å². The number of guanidine groups is 1. The number of hydrogen-bond acceptors (Lipinski definition) is 4. The molecule has 0 atom stereocenters. The van der Waals surface area contributed by atoms with Gasteiger partial charge in [0.25, 0.3) is 0 Å². The van der Waals surface area contributed by atoms with E-state index in [1.807, 2.05) is 60.5 Å². The third-order valence-corrected chi connectivity index (χ3v) is 6.75. The molecule has 0 fully saturated rings. The summed E-state index contributed by atoms with van der Waals surface area (Å²) in [6.45, 7) is 1.45. The highest BCUT2D eigenvalue weighted by Gasteiger charge is 2.28. The minimum absolute atomic E-state index is 0. The molecular formula is C21H29IN4O3S. The van der Waals surface area contributed by atoms with Gasteiger partial charge in [-0.15, -0.1) is 24.0 Å². The fourth-order valence-corrected chi connectivity index (χ4v) is 4.89. The van der Waals surface area contributed by atoms with Crippen molar-refractivity contribution in [2.45, 2.75) is 13.0 Å². The zero-order valence-electron chi connectivity index (χ0n) is 17.5. The monoisotopic (exact) mass is 544 g/mol. The van der Waals surface area contributed by atoms with Gasteiger partial charge < -0.3 is 15.0 Å². The van der Waals surface area contributed by atoms with Gasteiger partial charge in [0.05, 0.1) is 18.6 Å². The Hall–Kier alpha value is -2.01. The van der Waals surface area contributed by atoms with Gasteiger partial charge in [0.15, 0.2) is 5.96 Å². The number of anilines is 1. The summed E-state index contributed by atoms with van der Waals surface area (Å²) in [7, 11) is 1.87. The Morgan fingerprint density at radius 2 is 1.90 bits per heavy atom. The van der Waals surface area contributed by atoms with Crippen molar-refractivity contribution in [3.63, 3.8) is 0 Å². The Kier molecular flexibility index (Phi) is 8.78. The number of benzene rings is 2. The van der Waals surface area contributed by atoms with E-state index in [9.17, 15) is 8.42 Å². The van der Waals surface area contributed by atoms with Crippen LogP contribution in [0.2, 0.25) is 0 Å². The molecule has 0 saturated carbocycles. The quantitative estimate of drug-likeness (QED) is 0.330. The first-order valence-corrected chi connectivity index (χ1v) is 11.2. The molecule has 1 aliphatic rings. The van der Waals surface area contributed by atoms with Crippen LogP contribution in [0.1, 0.15) is 11.1 Å². The van der Waals surface area contributed by atoms with E-state index in [0.717, 1.165) is 29.0 Å². The third kappa shape index (κ3) is 5.78. The molecule has 164 valence electrons. The second-order valence-corrected chi connectivity index (χ2v) is 8.96. The van der Waals surface area contributed by atoms with Crippen molar-refractivity contribution in [2.75, 3.05) is 44.4 Å². The Labute approximate surface area is 196 Å². The summed E-state index contributed by atoms with van der Waals surface area (Å²) in [4.78, 5) is 6.23. The molecule has 0 radical (unpaired) electrons.